The first-order valence-electron chi connectivity index (χ1n) is 11.4. The van der Waals surface area contributed by atoms with Crippen molar-refractivity contribution in [1.82, 2.24) is 19.4 Å². The standard InChI is InChI=1S/C23H32N4O2S/c1-5-10-26-13-24-20-18(21(26)28)14(2)19(30-20)22(29)27-12-15-11-23(3)16(25(15)4)8-6-7-9-17(23)27/h13,15-17H,5-12H2,1-4H3/t15-,16-,17+,23-/m0/s1. The normalized spacial score (nSPS) is 31.3. The Labute approximate surface area is 181 Å². The van der Waals surface area contributed by atoms with Gasteiger partial charge in [-0.05, 0) is 45.2 Å². The Morgan fingerprint density at radius 1 is 1.30 bits per heavy atom. The highest BCUT2D eigenvalue weighted by atomic mass is 32.1. The molecule has 0 aromatic carbocycles. The minimum Gasteiger partial charge on any atom is -0.333 e. The second-order valence-corrected chi connectivity index (χ2v) is 10.8. The number of piperidine rings is 1. The van der Waals surface area contributed by atoms with E-state index in [4.69, 9.17) is 0 Å². The first-order valence-corrected chi connectivity index (χ1v) is 12.2. The summed E-state index contributed by atoms with van der Waals surface area (Å²) < 4.78 is 1.67. The number of carbonyl (C=O) groups excluding carboxylic acids is 1. The average Bonchev–Trinajstić information content (AvgIpc) is 3.07. The minimum absolute atomic E-state index is 0.0189. The van der Waals surface area contributed by atoms with Gasteiger partial charge in [-0.2, -0.15) is 0 Å². The highest BCUT2D eigenvalue weighted by Gasteiger charge is 2.58. The molecule has 4 atom stereocenters. The van der Waals surface area contributed by atoms with Crippen LogP contribution in [0, 0.1) is 12.3 Å². The topological polar surface area (TPSA) is 58.4 Å². The van der Waals surface area contributed by atoms with Gasteiger partial charge in [0.1, 0.15) is 4.83 Å². The first-order chi connectivity index (χ1) is 14.4. The third kappa shape index (κ3) is 2.74. The summed E-state index contributed by atoms with van der Waals surface area (Å²) in [6.07, 6.45) is 8.47. The third-order valence-electron chi connectivity index (χ3n) is 8.09. The van der Waals surface area contributed by atoms with E-state index in [1.807, 2.05) is 13.8 Å². The molecule has 2 aliphatic heterocycles. The van der Waals surface area contributed by atoms with E-state index in [0.717, 1.165) is 24.9 Å². The van der Waals surface area contributed by atoms with Crippen LogP contribution in [0.1, 0.15) is 67.6 Å². The molecular formula is C23H32N4O2S. The number of likely N-dealkylation sites (tertiary alicyclic amines) is 2. The molecular weight excluding hydrogens is 396 g/mol. The summed E-state index contributed by atoms with van der Waals surface area (Å²) in [7, 11) is 2.25. The van der Waals surface area contributed by atoms with Crippen LogP contribution in [0.5, 0.6) is 0 Å². The molecule has 0 spiro atoms. The van der Waals surface area contributed by atoms with Crippen LogP contribution >= 0.6 is 11.3 Å². The van der Waals surface area contributed by atoms with Crippen molar-refractivity contribution in [3.05, 3.63) is 27.1 Å². The molecule has 1 saturated carbocycles. The fraction of sp³-hybridized carbons (Fsp3) is 0.696. The fourth-order valence-electron chi connectivity index (χ4n) is 6.58. The molecule has 1 aliphatic carbocycles. The molecule has 6 nitrogen and oxygen atoms in total. The lowest BCUT2D eigenvalue weighted by molar-refractivity contribution is 0.0287. The van der Waals surface area contributed by atoms with Crippen molar-refractivity contribution in [2.45, 2.75) is 84.0 Å². The van der Waals surface area contributed by atoms with Gasteiger partial charge in [-0.15, -0.1) is 11.3 Å². The van der Waals surface area contributed by atoms with Gasteiger partial charge in [-0.3, -0.25) is 19.1 Å². The van der Waals surface area contributed by atoms with Gasteiger partial charge >= 0.3 is 0 Å². The maximum absolute atomic E-state index is 13.9. The molecule has 5 rings (SSSR count). The number of aromatic nitrogens is 2. The summed E-state index contributed by atoms with van der Waals surface area (Å²) in [5.74, 6) is 0.105. The van der Waals surface area contributed by atoms with Crippen LogP contribution in [-0.4, -0.2) is 57.0 Å². The van der Waals surface area contributed by atoms with Crippen LogP contribution in [0.15, 0.2) is 11.1 Å². The van der Waals surface area contributed by atoms with Gasteiger partial charge in [0.05, 0.1) is 16.6 Å². The molecule has 30 heavy (non-hydrogen) atoms. The third-order valence-corrected chi connectivity index (χ3v) is 9.28. The molecule has 162 valence electrons. The predicted octanol–water partition coefficient (Wildman–Crippen LogP) is 3.65. The molecule has 2 saturated heterocycles. The van der Waals surface area contributed by atoms with E-state index in [-0.39, 0.29) is 22.9 Å². The number of amides is 1. The number of thiophene rings is 1. The van der Waals surface area contributed by atoms with E-state index in [2.05, 4.69) is 28.8 Å². The number of likely N-dealkylation sites (N-methyl/N-ethyl adjacent to an activating group) is 1. The van der Waals surface area contributed by atoms with Gasteiger partial charge in [-0.25, -0.2) is 4.98 Å². The SMILES string of the molecule is CCCn1cnc2sc(C(=O)N3C[C@@H]4C[C@@]5(C)[C@H](CCCC[C@@H]35)N4C)c(C)c2c1=O. The minimum atomic E-state index is -0.0189. The quantitative estimate of drug-likeness (QED) is 0.749. The molecule has 2 aromatic heterocycles. The maximum Gasteiger partial charge on any atom is 0.264 e. The molecule has 0 unspecified atom stereocenters. The van der Waals surface area contributed by atoms with Crippen LogP contribution < -0.4 is 5.56 Å². The second-order valence-electron chi connectivity index (χ2n) is 9.78. The van der Waals surface area contributed by atoms with Crippen molar-refractivity contribution < 1.29 is 4.79 Å². The zero-order valence-corrected chi connectivity index (χ0v) is 19.3. The van der Waals surface area contributed by atoms with Gasteiger partial charge in [-0.1, -0.05) is 26.7 Å². The number of fused-ring (bicyclic) bond motifs is 2. The van der Waals surface area contributed by atoms with Crippen LogP contribution in [-0.2, 0) is 6.54 Å². The van der Waals surface area contributed by atoms with E-state index in [1.54, 1.807) is 10.9 Å². The Morgan fingerprint density at radius 2 is 2.03 bits per heavy atom. The molecule has 4 heterocycles. The Morgan fingerprint density at radius 3 is 2.77 bits per heavy atom. The Balaban J connectivity index is 1.56. The summed E-state index contributed by atoms with van der Waals surface area (Å²) in [6.45, 7) is 7.84. The zero-order chi connectivity index (χ0) is 21.2. The van der Waals surface area contributed by atoms with Crippen LogP contribution in [0.25, 0.3) is 10.2 Å². The lowest BCUT2D eigenvalue weighted by Crippen LogP contribution is -2.55. The number of hydrogen-bond acceptors (Lipinski definition) is 5. The van der Waals surface area contributed by atoms with Crippen molar-refractivity contribution in [2.24, 2.45) is 5.41 Å². The lowest BCUT2D eigenvalue weighted by atomic mass is 9.71. The summed E-state index contributed by atoms with van der Waals surface area (Å²) >= 11 is 1.40. The van der Waals surface area contributed by atoms with Gasteiger partial charge in [0.15, 0.2) is 0 Å². The zero-order valence-electron chi connectivity index (χ0n) is 18.5. The highest BCUT2D eigenvalue weighted by molar-refractivity contribution is 7.20. The first kappa shape index (κ1) is 20.2. The number of carbonyl (C=O) groups is 1. The fourth-order valence-corrected chi connectivity index (χ4v) is 7.68. The van der Waals surface area contributed by atoms with Crippen LogP contribution in [0.2, 0.25) is 0 Å². The van der Waals surface area contributed by atoms with Crippen molar-refractivity contribution in [2.75, 3.05) is 13.6 Å². The molecule has 3 fully saturated rings. The van der Waals surface area contributed by atoms with E-state index < -0.39 is 0 Å². The number of hydrogen-bond donors (Lipinski definition) is 0. The van der Waals surface area contributed by atoms with E-state index >= 15 is 0 Å². The number of rotatable bonds is 3. The van der Waals surface area contributed by atoms with Gasteiger partial charge < -0.3 is 4.90 Å². The van der Waals surface area contributed by atoms with E-state index in [9.17, 15) is 9.59 Å². The summed E-state index contributed by atoms with van der Waals surface area (Å²) in [4.78, 5) is 37.5. The average molecular weight is 429 g/mol. The predicted molar refractivity (Wildman–Crippen MR) is 120 cm³/mol. The molecule has 2 bridgehead atoms. The monoisotopic (exact) mass is 428 g/mol. The van der Waals surface area contributed by atoms with Gasteiger partial charge in [0.2, 0.25) is 0 Å². The molecule has 0 N–H and O–H groups in total. The second kappa shape index (κ2) is 7.16. The largest absolute Gasteiger partial charge is 0.333 e. The van der Waals surface area contributed by atoms with Crippen LogP contribution in [0.4, 0.5) is 0 Å². The van der Waals surface area contributed by atoms with Gasteiger partial charge in [0, 0.05) is 36.6 Å². The summed E-state index contributed by atoms with van der Waals surface area (Å²) in [5, 5.41) is 0.626. The van der Waals surface area contributed by atoms with Crippen LogP contribution in [0.3, 0.4) is 0 Å². The number of aryl methyl sites for hydroxylation is 2. The molecule has 1 amide bonds. The summed E-state index contributed by atoms with van der Waals surface area (Å²) in [6, 6.07) is 1.29. The Bertz CT molecular complexity index is 1060. The molecule has 2 aromatic rings. The van der Waals surface area contributed by atoms with Crippen molar-refractivity contribution >= 4 is 27.5 Å². The molecule has 3 aliphatic rings. The van der Waals surface area contributed by atoms with Crippen molar-refractivity contribution in [1.29, 1.82) is 0 Å². The number of nitrogens with zero attached hydrogens (tertiary/aromatic N) is 4. The van der Waals surface area contributed by atoms with Crippen molar-refractivity contribution in [3.63, 3.8) is 0 Å². The van der Waals surface area contributed by atoms with Gasteiger partial charge in [0.25, 0.3) is 11.5 Å². The van der Waals surface area contributed by atoms with Crippen molar-refractivity contribution in [3.8, 4) is 0 Å². The molecule has 7 heteroatoms. The highest BCUT2D eigenvalue weighted by Crippen LogP contribution is 2.53. The lowest BCUT2D eigenvalue weighted by Gasteiger charge is -2.46. The van der Waals surface area contributed by atoms with E-state index in [1.165, 1.54) is 37.0 Å². The smallest absolute Gasteiger partial charge is 0.264 e. The Hall–Kier alpha value is -1.73. The Kier molecular flexibility index (Phi) is 4.82. The summed E-state index contributed by atoms with van der Waals surface area (Å²) in [5.41, 5.74) is 0.958. The van der Waals surface area contributed by atoms with E-state index in [0.29, 0.717) is 33.7 Å². The maximum atomic E-state index is 13.9. The molecule has 0 radical (unpaired) electrons.